The first-order valence-electron chi connectivity index (χ1n) is 12.5. The van der Waals surface area contributed by atoms with Gasteiger partial charge in [-0.25, -0.2) is 8.42 Å². The average Bonchev–Trinajstić information content (AvgIpc) is 3.35. The molecule has 0 fully saturated rings. The molecule has 1 atom stereocenters. The fraction of sp³-hybridized carbons (Fsp3) is 0.300. The molecule has 1 amide bonds. The number of thiophene rings is 1. The number of aryl methyl sites for hydroxylation is 1. The summed E-state index contributed by atoms with van der Waals surface area (Å²) in [6, 6.07) is 23.0. The first-order chi connectivity index (χ1) is 17.6. The number of carbonyl (C=O) groups excluding carboxylic acids is 1. The molecule has 37 heavy (non-hydrogen) atoms. The van der Waals surface area contributed by atoms with Crippen LogP contribution in [0.4, 0.5) is 0 Å². The van der Waals surface area contributed by atoms with E-state index < -0.39 is 15.6 Å². The summed E-state index contributed by atoms with van der Waals surface area (Å²) in [4.78, 5) is 17.3. The van der Waals surface area contributed by atoms with Crippen molar-refractivity contribution in [3.63, 3.8) is 0 Å². The quantitative estimate of drug-likeness (QED) is 0.309. The minimum Gasteiger partial charge on any atom is -0.330 e. The van der Waals surface area contributed by atoms with Gasteiger partial charge in [0.05, 0.1) is 17.5 Å². The molecule has 0 saturated heterocycles. The molecule has 2 heterocycles. The first kappa shape index (κ1) is 25.6. The number of carbonyl (C=O) groups is 1. The van der Waals surface area contributed by atoms with E-state index in [4.69, 9.17) is 0 Å². The summed E-state index contributed by atoms with van der Waals surface area (Å²) in [7, 11) is -3.93. The van der Waals surface area contributed by atoms with E-state index in [1.807, 2.05) is 62.9 Å². The maximum absolute atomic E-state index is 14.0. The van der Waals surface area contributed by atoms with Gasteiger partial charge in [-0.15, -0.1) is 11.3 Å². The molecule has 3 aromatic carbocycles. The molecule has 5 nitrogen and oxygen atoms in total. The molecule has 0 aliphatic carbocycles. The van der Waals surface area contributed by atoms with Gasteiger partial charge in [0, 0.05) is 17.0 Å². The lowest BCUT2D eigenvalue weighted by Gasteiger charge is -2.40. The molecular weight excluding hydrogens is 500 g/mol. The van der Waals surface area contributed by atoms with E-state index in [2.05, 4.69) is 35.7 Å². The van der Waals surface area contributed by atoms with Gasteiger partial charge < -0.3 is 4.90 Å². The highest BCUT2D eigenvalue weighted by Gasteiger charge is 2.39. The minimum atomic E-state index is -3.93. The van der Waals surface area contributed by atoms with Crippen molar-refractivity contribution in [2.75, 3.05) is 13.1 Å². The number of amides is 1. The Labute approximate surface area is 223 Å². The van der Waals surface area contributed by atoms with Crippen molar-refractivity contribution >= 4 is 38.0 Å². The zero-order valence-corrected chi connectivity index (χ0v) is 23.3. The number of fused-ring (bicyclic) bond motifs is 2. The van der Waals surface area contributed by atoms with Gasteiger partial charge in [0.1, 0.15) is 0 Å². The van der Waals surface area contributed by atoms with Gasteiger partial charge in [0.25, 0.3) is 0 Å². The van der Waals surface area contributed by atoms with Crippen LogP contribution >= 0.6 is 11.3 Å². The zero-order valence-electron chi connectivity index (χ0n) is 21.6. The van der Waals surface area contributed by atoms with Crippen molar-refractivity contribution in [1.82, 2.24) is 9.21 Å². The summed E-state index contributed by atoms with van der Waals surface area (Å²) in [6.07, 6.45) is 0.772. The number of benzene rings is 3. The van der Waals surface area contributed by atoms with Crippen LogP contribution in [0.1, 0.15) is 48.4 Å². The first-order valence-corrected chi connectivity index (χ1v) is 14.8. The van der Waals surface area contributed by atoms with E-state index in [0.717, 1.165) is 33.9 Å². The third-order valence-electron chi connectivity index (χ3n) is 7.02. The molecule has 4 aromatic rings. The highest BCUT2D eigenvalue weighted by Crippen LogP contribution is 2.38. The van der Waals surface area contributed by atoms with Crippen LogP contribution in [-0.2, 0) is 21.2 Å². The van der Waals surface area contributed by atoms with Gasteiger partial charge in [-0.05, 0) is 79.6 Å². The van der Waals surface area contributed by atoms with Crippen molar-refractivity contribution in [2.24, 2.45) is 0 Å². The van der Waals surface area contributed by atoms with Crippen LogP contribution in [0, 0.1) is 6.92 Å². The average molecular weight is 533 g/mol. The Morgan fingerprint density at radius 1 is 1.00 bits per heavy atom. The van der Waals surface area contributed by atoms with Gasteiger partial charge in [0.2, 0.25) is 15.9 Å². The van der Waals surface area contributed by atoms with E-state index >= 15 is 0 Å². The molecule has 0 spiro atoms. The summed E-state index contributed by atoms with van der Waals surface area (Å²) in [5.74, 6) is -0.193. The highest BCUT2D eigenvalue weighted by atomic mass is 32.2. The normalized spacial score (nSPS) is 16.2. The van der Waals surface area contributed by atoms with Gasteiger partial charge in [-0.2, -0.15) is 4.31 Å². The lowest BCUT2D eigenvalue weighted by atomic mass is 9.92. The van der Waals surface area contributed by atoms with Crippen molar-refractivity contribution in [3.05, 3.63) is 99.7 Å². The van der Waals surface area contributed by atoms with E-state index in [0.29, 0.717) is 6.54 Å². The maximum atomic E-state index is 14.0. The number of sulfonamides is 1. The lowest BCUT2D eigenvalue weighted by molar-refractivity contribution is -0.134. The molecule has 1 aliphatic rings. The number of rotatable bonds is 5. The zero-order chi connectivity index (χ0) is 26.4. The van der Waals surface area contributed by atoms with E-state index in [1.165, 1.54) is 9.18 Å². The minimum absolute atomic E-state index is 0.193. The summed E-state index contributed by atoms with van der Waals surface area (Å²) in [5, 5.41) is 3.90. The van der Waals surface area contributed by atoms with E-state index in [9.17, 15) is 13.2 Å². The monoisotopic (exact) mass is 532 g/mol. The number of nitrogens with zero attached hydrogens (tertiary/aromatic N) is 2. The van der Waals surface area contributed by atoms with Crippen molar-refractivity contribution in [1.29, 1.82) is 0 Å². The second kappa shape index (κ2) is 9.71. The van der Waals surface area contributed by atoms with Gasteiger partial charge in [-0.3, -0.25) is 4.79 Å². The Balaban J connectivity index is 1.50. The van der Waals surface area contributed by atoms with E-state index in [1.54, 1.807) is 23.5 Å². The Morgan fingerprint density at radius 2 is 1.70 bits per heavy atom. The summed E-state index contributed by atoms with van der Waals surface area (Å²) < 4.78 is 29.2. The Kier molecular flexibility index (Phi) is 6.73. The van der Waals surface area contributed by atoms with Crippen LogP contribution in [0.5, 0.6) is 0 Å². The van der Waals surface area contributed by atoms with Crippen LogP contribution < -0.4 is 0 Å². The van der Waals surface area contributed by atoms with Crippen LogP contribution in [0.2, 0.25) is 0 Å². The molecule has 7 heteroatoms. The Morgan fingerprint density at radius 3 is 2.41 bits per heavy atom. The lowest BCUT2D eigenvalue weighted by Crippen LogP contribution is -2.52. The van der Waals surface area contributed by atoms with Crippen molar-refractivity contribution in [2.45, 2.75) is 50.6 Å². The maximum Gasteiger partial charge on any atom is 0.244 e. The Hall–Kier alpha value is -3.00. The fourth-order valence-corrected chi connectivity index (χ4v) is 7.72. The van der Waals surface area contributed by atoms with Gasteiger partial charge in [0.15, 0.2) is 0 Å². The molecule has 1 aliphatic heterocycles. The predicted octanol–water partition coefficient (Wildman–Crippen LogP) is 6.17. The summed E-state index contributed by atoms with van der Waals surface area (Å²) in [6.45, 7) is 7.89. The SMILES string of the molecule is Cc1ccc([C@@H]2c3ccsc3CCN2C(=O)CN(C(C)(C)C)S(=O)(=O)c2ccc3ccccc3c2)cc1. The van der Waals surface area contributed by atoms with Gasteiger partial charge >= 0.3 is 0 Å². The van der Waals surface area contributed by atoms with Crippen LogP contribution in [-0.4, -0.2) is 42.2 Å². The van der Waals surface area contributed by atoms with Crippen LogP contribution in [0.25, 0.3) is 10.8 Å². The van der Waals surface area contributed by atoms with Crippen LogP contribution in [0.15, 0.2) is 83.1 Å². The molecule has 0 radical (unpaired) electrons. The van der Waals surface area contributed by atoms with Crippen molar-refractivity contribution in [3.8, 4) is 0 Å². The second-order valence-corrected chi connectivity index (χ2v) is 13.5. The second-order valence-electron chi connectivity index (χ2n) is 10.6. The fourth-order valence-electron chi connectivity index (χ4n) is 5.04. The molecule has 0 unspecified atom stereocenters. The summed E-state index contributed by atoms with van der Waals surface area (Å²) >= 11 is 1.72. The highest BCUT2D eigenvalue weighted by molar-refractivity contribution is 7.89. The predicted molar refractivity (Wildman–Crippen MR) is 150 cm³/mol. The molecule has 0 bridgehead atoms. The number of hydrogen-bond donors (Lipinski definition) is 0. The topological polar surface area (TPSA) is 57.7 Å². The largest absolute Gasteiger partial charge is 0.330 e. The smallest absolute Gasteiger partial charge is 0.244 e. The third-order valence-corrected chi connectivity index (χ3v) is 10.1. The van der Waals surface area contributed by atoms with Gasteiger partial charge in [-0.1, -0.05) is 60.2 Å². The standard InChI is InChI=1S/C30H32N2O3S2/c1-21-9-11-23(12-10-21)29-26-16-18-36-27(26)15-17-31(29)28(33)20-32(30(2,3)4)37(34,35)25-14-13-22-7-5-6-8-24(22)19-25/h5-14,16,18-19,29H,15,17,20H2,1-4H3/t29-/m1/s1. The molecule has 0 saturated carbocycles. The molecule has 1 aromatic heterocycles. The molecule has 0 N–H and O–H groups in total. The Bertz CT molecular complexity index is 1550. The van der Waals surface area contributed by atoms with Crippen LogP contribution in [0.3, 0.4) is 0 Å². The van der Waals surface area contributed by atoms with E-state index in [-0.39, 0.29) is 23.4 Å². The summed E-state index contributed by atoms with van der Waals surface area (Å²) in [5.41, 5.74) is 2.54. The molecule has 192 valence electrons. The number of hydrogen-bond acceptors (Lipinski definition) is 4. The third kappa shape index (κ3) is 4.96. The van der Waals surface area contributed by atoms with Crippen molar-refractivity contribution < 1.29 is 13.2 Å². The molecule has 5 rings (SSSR count). The molecular formula is C30H32N2O3S2.